The van der Waals surface area contributed by atoms with Crippen LogP contribution in [0.15, 0.2) is 53.6 Å². The third kappa shape index (κ3) is 6.70. The smallest absolute Gasteiger partial charge is 0.380 e. The first-order valence-corrected chi connectivity index (χ1v) is 15.0. The van der Waals surface area contributed by atoms with Crippen molar-refractivity contribution in [1.82, 2.24) is 19.3 Å². The van der Waals surface area contributed by atoms with Crippen LogP contribution in [0.5, 0.6) is 5.75 Å². The molecule has 0 radical (unpaired) electrons. The summed E-state index contributed by atoms with van der Waals surface area (Å²) in [4.78, 5) is 12.6. The molecule has 0 spiro atoms. The van der Waals surface area contributed by atoms with E-state index in [1.807, 2.05) is 13.8 Å². The monoisotopic (exact) mass is 594 g/mol. The number of para-hydroxylation sites is 1. The van der Waals surface area contributed by atoms with E-state index in [1.54, 1.807) is 43.5 Å². The first-order valence-electron chi connectivity index (χ1n) is 13.4. The van der Waals surface area contributed by atoms with Crippen LogP contribution in [-0.2, 0) is 34.0 Å². The van der Waals surface area contributed by atoms with Gasteiger partial charge in [-0.1, -0.05) is 42.5 Å². The molecule has 10 nitrogen and oxygen atoms in total. The van der Waals surface area contributed by atoms with Crippen LogP contribution in [0.1, 0.15) is 55.7 Å². The molecular formula is C28H36F2N4O6S. The molecule has 2 N–H and O–H groups in total. The summed E-state index contributed by atoms with van der Waals surface area (Å²) in [7, 11) is -3.47. The van der Waals surface area contributed by atoms with Crippen molar-refractivity contribution in [3.8, 4) is 5.75 Å². The fourth-order valence-electron chi connectivity index (χ4n) is 4.52. The lowest BCUT2D eigenvalue weighted by atomic mass is 9.97. The number of hydrogen-bond acceptors (Lipinski definition) is 9. The van der Waals surface area contributed by atoms with E-state index in [0.29, 0.717) is 30.0 Å². The molecule has 0 bridgehead atoms. The highest BCUT2D eigenvalue weighted by atomic mass is 32.3. The number of alkyl halides is 2. The maximum absolute atomic E-state index is 15.5. The number of carbonyl (C=O) groups is 1. The zero-order valence-electron chi connectivity index (χ0n) is 23.5. The first kappa shape index (κ1) is 30.8. The molecule has 2 unspecified atom stereocenters. The average Bonchev–Trinajstić information content (AvgIpc) is 3.38. The van der Waals surface area contributed by atoms with Gasteiger partial charge in [0.25, 0.3) is 0 Å². The van der Waals surface area contributed by atoms with Crippen LogP contribution in [0.3, 0.4) is 0 Å². The number of aromatic nitrogens is 3. The summed E-state index contributed by atoms with van der Waals surface area (Å²) in [6, 6.07) is 11.4. The molecule has 1 aromatic heterocycles. The number of halogens is 2. The number of fused-ring (bicyclic) bond motifs is 1. The first-order chi connectivity index (χ1) is 19.5. The van der Waals surface area contributed by atoms with E-state index in [1.165, 1.54) is 28.0 Å². The predicted octanol–water partition coefficient (Wildman–Crippen LogP) is 5.76. The Bertz CT molecular complexity index is 1350. The molecule has 41 heavy (non-hydrogen) atoms. The molecule has 2 atom stereocenters. The molecule has 0 fully saturated rings. The number of aryl methyl sites for hydroxylation is 2. The highest BCUT2D eigenvalue weighted by Crippen LogP contribution is 2.57. The molecular weight excluding hydrogens is 558 g/mol. The van der Waals surface area contributed by atoms with E-state index in [2.05, 4.69) is 15.0 Å². The van der Waals surface area contributed by atoms with E-state index >= 15 is 8.78 Å². The molecule has 1 aliphatic rings. The van der Waals surface area contributed by atoms with E-state index in [4.69, 9.17) is 9.47 Å². The fourth-order valence-corrected chi connectivity index (χ4v) is 6.13. The summed E-state index contributed by atoms with van der Waals surface area (Å²) in [6.45, 7) is 7.27. The SMILES string of the molecule is CCOC(=O)C(F)(F)C(OCc1cn(CC)nn1)c1ccc(C)c(CN2CC(CC)Oc3ccccc3S2(O)O)c1. The molecule has 0 saturated carbocycles. The van der Waals surface area contributed by atoms with Crippen molar-refractivity contribution in [1.29, 1.82) is 0 Å². The molecule has 0 aliphatic carbocycles. The molecule has 13 heteroatoms. The Hall–Kier alpha value is -3.10. The molecule has 4 rings (SSSR count). The summed E-state index contributed by atoms with van der Waals surface area (Å²) in [5, 5.41) is 7.84. The number of carbonyl (C=O) groups excluding carboxylic acids is 1. The highest BCUT2D eigenvalue weighted by molar-refractivity contribution is 8.22. The average molecular weight is 595 g/mol. The van der Waals surface area contributed by atoms with Crippen LogP contribution < -0.4 is 4.74 Å². The normalized spacial score (nSPS) is 18.6. The standard InChI is InChI=1S/C28H36F2N4O6S/c1-5-23-17-34(41(36,37)25-11-9-8-10-24(25)40-23)15-21-14-20(13-12-19(21)4)26(28(29,30)27(35)38-7-3)39-18-22-16-33(6-2)32-31-22/h8-14,16,23,26,36-37H,5-7,15,17-18H2,1-4H3. The predicted molar refractivity (Wildman–Crippen MR) is 149 cm³/mol. The molecule has 2 aromatic carbocycles. The topological polar surface area (TPSA) is 119 Å². The van der Waals surface area contributed by atoms with Crippen LogP contribution in [0, 0.1) is 6.92 Å². The third-order valence-electron chi connectivity index (χ3n) is 6.87. The Kier molecular flexibility index (Phi) is 9.65. The van der Waals surface area contributed by atoms with Crippen molar-refractivity contribution in [3.63, 3.8) is 0 Å². The number of benzene rings is 2. The van der Waals surface area contributed by atoms with Crippen molar-refractivity contribution < 1.29 is 36.9 Å². The maximum atomic E-state index is 15.5. The molecule has 0 saturated heterocycles. The van der Waals surface area contributed by atoms with Gasteiger partial charge in [-0.05, 0) is 56.0 Å². The number of hydrogen-bond donors (Lipinski definition) is 2. The van der Waals surface area contributed by atoms with Gasteiger partial charge in [0.1, 0.15) is 22.4 Å². The van der Waals surface area contributed by atoms with E-state index in [-0.39, 0.29) is 42.9 Å². The lowest BCUT2D eigenvalue weighted by Crippen LogP contribution is -2.39. The van der Waals surface area contributed by atoms with Crippen molar-refractivity contribution in [2.24, 2.45) is 0 Å². The summed E-state index contributed by atoms with van der Waals surface area (Å²) in [5.74, 6) is -5.32. The van der Waals surface area contributed by atoms with Gasteiger partial charge in [0.05, 0.1) is 26.0 Å². The number of esters is 1. The molecule has 0 amide bonds. The highest BCUT2D eigenvalue weighted by Gasteiger charge is 2.51. The Morgan fingerprint density at radius 2 is 1.98 bits per heavy atom. The minimum Gasteiger partial charge on any atom is -0.487 e. The van der Waals surface area contributed by atoms with Gasteiger partial charge < -0.3 is 14.2 Å². The summed E-state index contributed by atoms with van der Waals surface area (Å²) in [6.07, 6.45) is -0.128. The van der Waals surface area contributed by atoms with Crippen LogP contribution in [0.25, 0.3) is 0 Å². The Morgan fingerprint density at radius 3 is 2.66 bits per heavy atom. The summed E-state index contributed by atoms with van der Waals surface area (Å²) < 4.78 is 73.2. The second-order valence-electron chi connectivity index (χ2n) is 9.72. The second kappa shape index (κ2) is 12.8. The van der Waals surface area contributed by atoms with Crippen LogP contribution in [0.4, 0.5) is 8.78 Å². The molecule has 224 valence electrons. The van der Waals surface area contributed by atoms with Crippen molar-refractivity contribution in [3.05, 3.63) is 71.0 Å². The Morgan fingerprint density at radius 1 is 1.22 bits per heavy atom. The molecule has 2 heterocycles. The largest absolute Gasteiger partial charge is 0.487 e. The number of nitrogens with zero attached hydrogens (tertiary/aromatic N) is 4. The molecule has 3 aromatic rings. The van der Waals surface area contributed by atoms with Gasteiger partial charge in [-0.25, -0.2) is 4.79 Å². The zero-order valence-corrected chi connectivity index (χ0v) is 24.3. The van der Waals surface area contributed by atoms with Gasteiger partial charge in [0.2, 0.25) is 0 Å². The Balaban J connectivity index is 1.69. The van der Waals surface area contributed by atoms with Gasteiger partial charge in [0, 0.05) is 13.1 Å². The number of ether oxygens (including phenoxy) is 3. The van der Waals surface area contributed by atoms with E-state index < -0.39 is 28.8 Å². The quantitative estimate of drug-likeness (QED) is 0.267. The van der Waals surface area contributed by atoms with Crippen LogP contribution >= 0.6 is 10.8 Å². The van der Waals surface area contributed by atoms with Gasteiger partial charge in [0.15, 0.2) is 6.10 Å². The fraction of sp³-hybridized carbons (Fsp3) is 0.464. The van der Waals surface area contributed by atoms with Gasteiger partial charge in [-0.15, -0.1) is 15.9 Å². The van der Waals surface area contributed by atoms with Gasteiger partial charge in [-0.3, -0.25) is 13.8 Å². The van der Waals surface area contributed by atoms with Crippen molar-refractivity contribution in [2.45, 2.75) is 76.8 Å². The van der Waals surface area contributed by atoms with E-state index in [9.17, 15) is 13.9 Å². The van der Waals surface area contributed by atoms with Crippen LogP contribution in [0.2, 0.25) is 0 Å². The van der Waals surface area contributed by atoms with Gasteiger partial charge in [-0.2, -0.15) is 13.1 Å². The maximum Gasteiger partial charge on any atom is 0.380 e. The lowest BCUT2D eigenvalue weighted by Gasteiger charge is -2.42. The lowest BCUT2D eigenvalue weighted by molar-refractivity contribution is -0.198. The second-order valence-corrected chi connectivity index (χ2v) is 11.7. The zero-order chi connectivity index (χ0) is 29.8. The minimum absolute atomic E-state index is 0.0265. The van der Waals surface area contributed by atoms with Crippen LogP contribution in [-0.4, -0.2) is 59.6 Å². The molecule has 1 aliphatic heterocycles. The van der Waals surface area contributed by atoms with Crippen molar-refractivity contribution >= 4 is 16.7 Å². The minimum atomic E-state index is -4.02. The third-order valence-corrected chi connectivity index (χ3v) is 8.79. The number of rotatable bonds is 11. The van der Waals surface area contributed by atoms with Gasteiger partial charge >= 0.3 is 11.9 Å². The summed E-state index contributed by atoms with van der Waals surface area (Å²) >= 11 is 0. The van der Waals surface area contributed by atoms with E-state index in [0.717, 1.165) is 5.56 Å². The summed E-state index contributed by atoms with van der Waals surface area (Å²) in [5.41, 5.74) is 1.65. The Labute approximate surface area is 239 Å². The van der Waals surface area contributed by atoms with Crippen molar-refractivity contribution in [2.75, 3.05) is 13.2 Å².